The van der Waals surface area contributed by atoms with E-state index in [9.17, 15) is 0 Å². The van der Waals surface area contributed by atoms with Gasteiger partial charge in [-0.15, -0.1) is 11.3 Å². The normalized spacial score (nSPS) is 17.9. The molecule has 4 nitrogen and oxygen atoms in total. The molecule has 0 radical (unpaired) electrons. The number of amidine groups is 1. The number of nitrogens with one attached hydrogen (secondary N) is 1. The maximum atomic E-state index is 8.59. The average molecular weight is 332 g/mol. The zero-order valence-electron chi connectivity index (χ0n) is 10.2. The Morgan fingerprint density at radius 1 is 1.56 bits per heavy atom. The van der Waals surface area contributed by atoms with Gasteiger partial charge in [-0.3, -0.25) is 0 Å². The van der Waals surface area contributed by atoms with Crippen molar-refractivity contribution in [1.82, 2.24) is 5.32 Å². The van der Waals surface area contributed by atoms with Crippen LogP contribution >= 0.6 is 27.3 Å². The van der Waals surface area contributed by atoms with Gasteiger partial charge < -0.3 is 16.3 Å². The number of hydrogen-bond acceptors (Lipinski definition) is 4. The third-order valence-corrected chi connectivity index (χ3v) is 5.00. The molecule has 0 amide bonds. The second-order valence-corrected chi connectivity index (χ2v) is 7.45. The molecule has 6 heteroatoms. The Hall–Kier alpha value is -0.590. The second kappa shape index (κ2) is 6.04. The van der Waals surface area contributed by atoms with Crippen LogP contribution in [0.2, 0.25) is 0 Å². The van der Waals surface area contributed by atoms with Gasteiger partial charge in [-0.1, -0.05) is 5.16 Å². The highest BCUT2D eigenvalue weighted by molar-refractivity contribution is 9.11. The van der Waals surface area contributed by atoms with E-state index in [1.165, 1.54) is 21.5 Å². The van der Waals surface area contributed by atoms with Crippen LogP contribution in [-0.4, -0.2) is 24.1 Å². The van der Waals surface area contributed by atoms with Crippen LogP contribution in [-0.2, 0) is 6.42 Å². The summed E-state index contributed by atoms with van der Waals surface area (Å²) in [5, 5.41) is 15.1. The molecule has 1 heterocycles. The largest absolute Gasteiger partial charge is 0.409 e. The van der Waals surface area contributed by atoms with Gasteiger partial charge in [0.2, 0.25) is 0 Å². The van der Waals surface area contributed by atoms with E-state index < -0.39 is 0 Å². The predicted molar refractivity (Wildman–Crippen MR) is 78.3 cm³/mol. The van der Waals surface area contributed by atoms with Gasteiger partial charge in [-0.2, -0.15) is 0 Å². The molecule has 4 N–H and O–H groups in total. The van der Waals surface area contributed by atoms with Crippen molar-refractivity contribution in [3.63, 3.8) is 0 Å². The Kier molecular flexibility index (Phi) is 4.64. The van der Waals surface area contributed by atoms with Crippen molar-refractivity contribution in [2.24, 2.45) is 16.3 Å². The summed E-state index contributed by atoms with van der Waals surface area (Å²) < 4.78 is 1.18. The minimum absolute atomic E-state index is 0.242. The molecule has 0 saturated heterocycles. The molecule has 0 aromatic carbocycles. The summed E-state index contributed by atoms with van der Waals surface area (Å²) in [5.74, 6) is 0.344. The van der Waals surface area contributed by atoms with Crippen molar-refractivity contribution in [1.29, 1.82) is 0 Å². The number of hydrogen-bond donors (Lipinski definition) is 3. The molecule has 1 aliphatic carbocycles. The summed E-state index contributed by atoms with van der Waals surface area (Å²) in [4.78, 5) is 1.38. The predicted octanol–water partition coefficient (Wildman–Crippen LogP) is 2.56. The summed E-state index contributed by atoms with van der Waals surface area (Å²) in [6, 6.07) is 4.24. The number of rotatable bonds is 7. The van der Waals surface area contributed by atoms with Crippen molar-refractivity contribution in [2.75, 3.05) is 13.1 Å². The molecule has 0 aliphatic heterocycles. The van der Waals surface area contributed by atoms with Gasteiger partial charge in [0.1, 0.15) is 5.84 Å². The molecule has 1 aromatic rings. The SMILES string of the molecule is N/C(CC1(CNCCc2ccc(Br)s2)CC1)=N/O. The number of nitrogens with two attached hydrogens (primary N) is 1. The molecule has 18 heavy (non-hydrogen) atoms. The first-order valence-electron chi connectivity index (χ1n) is 6.05. The summed E-state index contributed by atoms with van der Waals surface area (Å²) in [5.41, 5.74) is 5.81. The summed E-state index contributed by atoms with van der Waals surface area (Å²) in [6.45, 7) is 1.93. The van der Waals surface area contributed by atoms with Crippen molar-refractivity contribution in [2.45, 2.75) is 25.7 Å². The smallest absolute Gasteiger partial charge is 0.139 e. The van der Waals surface area contributed by atoms with Gasteiger partial charge in [0, 0.05) is 17.8 Å². The molecule has 1 fully saturated rings. The lowest BCUT2D eigenvalue weighted by Crippen LogP contribution is -2.29. The van der Waals surface area contributed by atoms with Crippen LogP contribution in [0.5, 0.6) is 0 Å². The van der Waals surface area contributed by atoms with Gasteiger partial charge in [0.25, 0.3) is 0 Å². The topological polar surface area (TPSA) is 70.6 Å². The number of nitrogens with zero attached hydrogens (tertiary/aromatic N) is 1. The Labute approximate surface area is 119 Å². The molecule has 0 bridgehead atoms. The van der Waals surface area contributed by atoms with Crippen molar-refractivity contribution in [3.8, 4) is 0 Å². The van der Waals surface area contributed by atoms with Gasteiger partial charge >= 0.3 is 0 Å². The Morgan fingerprint density at radius 2 is 2.33 bits per heavy atom. The first-order valence-corrected chi connectivity index (χ1v) is 7.66. The maximum absolute atomic E-state index is 8.59. The van der Waals surface area contributed by atoms with Gasteiger partial charge in [0.05, 0.1) is 3.79 Å². The number of thiophene rings is 1. The fraction of sp³-hybridized carbons (Fsp3) is 0.583. The van der Waals surface area contributed by atoms with Crippen LogP contribution in [0.3, 0.4) is 0 Å². The fourth-order valence-corrected chi connectivity index (χ4v) is 3.55. The maximum Gasteiger partial charge on any atom is 0.139 e. The molecular formula is C12H18BrN3OS. The lowest BCUT2D eigenvalue weighted by Gasteiger charge is -2.14. The first kappa shape index (κ1) is 13.8. The Balaban J connectivity index is 1.66. The fourth-order valence-electron chi connectivity index (χ4n) is 2.06. The van der Waals surface area contributed by atoms with Gasteiger partial charge in [-0.25, -0.2) is 0 Å². The Bertz CT molecular complexity index is 429. The van der Waals surface area contributed by atoms with E-state index in [2.05, 4.69) is 38.5 Å². The van der Waals surface area contributed by atoms with Crippen LogP contribution in [0.1, 0.15) is 24.1 Å². The minimum Gasteiger partial charge on any atom is -0.409 e. The molecular weight excluding hydrogens is 314 g/mol. The van der Waals surface area contributed by atoms with E-state index in [4.69, 9.17) is 10.9 Å². The van der Waals surface area contributed by atoms with E-state index in [-0.39, 0.29) is 5.41 Å². The van der Waals surface area contributed by atoms with E-state index in [1.54, 1.807) is 11.3 Å². The standard InChI is InChI=1S/C12H18BrN3OS/c13-10-2-1-9(18-10)3-6-15-8-12(4-5-12)7-11(14)16-17/h1-2,15,17H,3-8H2,(H2,14,16). The van der Waals surface area contributed by atoms with E-state index in [0.29, 0.717) is 12.3 Å². The number of halogens is 1. The van der Waals surface area contributed by atoms with Crippen LogP contribution in [0.4, 0.5) is 0 Å². The summed E-state index contributed by atoms with van der Waals surface area (Å²) >= 11 is 5.25. The van der Waals surface area contributed by atoms with Crippen molar-refractivity contribution < 1.29 is 5.21 Å². The lowest BCUT2D eigenvalue weighted by atomic mass is 10.0. The molecule has 0 spiro atoms. The molecule has 1 aromatic heterocycles. The number of oxime groups is 1. The molecule has 1 saturated carbocycles. The lowest BCUT2D eigenvalue weighted by molar-refractivity contribution is 0.314. The zero-order valence-corrected chi connectivity index (χ0v) is 12.6. The van der Waals surface area contributed by atoms with E-state index in [0.717, 1.165) is 19.5 Å². The molecule has 2 rings (SSSR count). The zero-order chi connectivity index (χ0) is 13.0. The summed E-state index contributed by atoms with van der Waals surface area (Å²) in [6.07, 6.45) is 4.08. The van der Waals surface area contributed by atoms with Crippen molar-refractivity contribution in [3.05, 3.63) is 20.8 Å². The minimum atomic E-state index is 0.242. The Morgan fingerprint density at radius 3 is 2.89 bits per heavy atom. The third-order valence-electron chi connectivity index (χ3n) is 3.32. The van der Waals surface area contributed by atoms with Crippen molar-refractivity contribution >= 4 is 33.1 Å². The first-order chi connectivity index (χ1) is 8.63. The molecule has 100 valence electrons. The quantitative estimate of drug-likeness (QED) is 0.236. The van der Waals surface area contributed by atoms with E-state index in [1.807, 2.05) is 0 Å². The van der Waals surface area contributed by atoms with Crippen LogP contribution in [0.25, 0.3) is 0 Å². The van der Waals surface area contributed by atoms with Gasteiger partial charge in [-0.05, 0) is 59.3 Å². The molecule has 1 aliphatic rings. The molecule has 0 atom stereocenters. The van der Waals surface area contributed by atoms with E-state index >= 15 is 0 Å². The monoisotopic (exact) mass is 331 g/mol. The van der Waals surface area contributed by atoms with Crippen LogP contribution < -0.4 is 11.1 Å². The third kappa shape index (κ3) is 3.96. The van der Waals surface area contributed by atoms with Crippen LogP contribution in [0, 0.1) is 5.41 Å². The highest BCUT2D eigenvalue weighted by Gasteiger charge is 2.42. The highest BCUT2D eigenvalue weighted by atomic mass is 79.9. The molecule has 0 unspecified atom stereocenters. The summed E-state index contributed by atoms with van der Waals surface area (Å²) in [7, 11) is 0. The van der Waals surface area contributed by atoms with Gasteiger partial charge in [0.15, 0.2) is 0 Å². The second-order valence-electron chi connectivity index (χ2n) is 4.90. The average Bonchev–Trinajstić information content (AvgIpc) is 2.98. The van der Waals surface area contributed by atoms with Crippen LogP contribution in [0.15, 0.2) is 21.1 Å². The highest BCUT2D eigenvalue weighted by Crippen LogP contribution is 2.48.